The van der Waals surface area contributed by atoms with E-state index in [0.717, 1.165) is 12.1 Å². The molecule has 2 rings (SSSR count). The summed E-state index contributed by atoms with van der Waals surface area (Å²) in [4.78, 5) is 14.1. The molecular weight excluding hydrogens is 262 g/mol. The number of rotatable bonds is 6. The van der Waals surface area contributed by atoms with E-state index in [4.69, 9.17) is 5.73 Å². The maximum atomic E-state index is 11.6. The molecule has 1 aliphatic heterocycles. The summed E-state index contributed by atoms with van der Waals surface area (Å²) in [6, 6.07) is 8.11. The zero-order valence-corrected chi connectivity index (χ0v) is 13.0. The van der Waals surface area contributed by atoms with E-state index >= 15 is 0 Å². The Morgan fingerprint density at radius 3 is 2.43 bits per heavy atom. The molecule has 0 spiro atoms. The van der Waals surface area contributed by atoms with E-state index in [-0.39, 0.29) is 5.91 Å². The van der Waals surface area contributed by atoms with Crippen LogP contribution in [0.1, 0.15) is 43.7 Å². The molecule has 0 aromatic heterocycles. The summed E-state index contributed by atoms with van der Waals surface area (Å²) in [6.07, 6.45) is 4.68. The first-order valence-electron chi connectivity index (χ1n) is 8.02. The van der Waals surface area contributed by atoms with Gasteiger partial charge in [0.05, 0.1) is 6.04 Å². The predicted octanol–water partition coefficient (Wildman–Crippen LogP) is 2.03. The monoisotopic (exact) mass is 289 g/mol. The minimum absolute atomic E-state index is 0.0742. The molecule has 1 saturated heterocycles. The molecule has 0 radical (unpaired) electrons. The van der Waals surface area contributed by atoms with Crippen molar-refractivity contribution in [1.82, 2.24) is 10.2 Å². The van der Waals surface area contributed by atoms with E-state index in [9.17, 15) is 4.79 Å². The summed E-state index contributed by atoms with van der Waals surface area (Å²) in [7, 11) is 0. The number of benzene rings is 1. The molecule has 21 heavy (non-hydrogen) atoms. The molecule has 1 heterocycles. The minimum atomic E-state index is -0.400. The van der Waals surface area contributed by atoms with Crippen molar-refractivity contribution in [3.05, 3.63) is 35.4 Å². The molecule has 1 fully saturated rings. The van der Waals surface area contributed by atoms with E-state index in [0.29, 0.717) is 13.0 Å². The van der Waals surface area contributed by atoms with Crippen molar-refractivity contribution in [2.24, 2.45) is 5.73 Å². The highest BCUT2D eigenvalue weighted by Gasteiger charge is 2.11. The Labute approximate surface area is 127 Å². The maximum Gasteiger partial charge on any atom is 0.237 e. The number of hydrogen-bond donors (Lipinski definition) is 2. The lowest BCUT2D eigenvalue weighted by Gasteiger charge is -2.26. The Kier molecular flexibility index (Phi) is 6.21. The number of nitrogens with zero attached hydrogens (tertiary/aromatic N) is 1. The first-order valence-corrected chi connectivity index (χ1v) is 8.02. The van der Waals surface area contributed by atoms with Gasteiger partial charge >= 0.3 is 0 Å². The molecule has 0 bridgehead atoms. The van der Waals surface area contributed by atoms with E-state index in [2.05, 4.69) is 34.5 Å². The predicted molar refractivity (Wildman–Crippen MR) is 85.7 cm³/mol. The van der Waals surface area contributed by atoms with Crippen molar-refractivity contribution < 1.29 is 4.79 Å². The van der Waals surface area contributed by atoms with Gasteiger partial charge in [0.25, 0.3) is 0 Å². The maximum absolute atomic E-state index is 11.6. The van der Waals surface area contributed by atoms with Gasteiger partial charge in [0.15, 0.2) is 0 Å². The van der Waals surface area contributed by atoms with E-state index in [1.807, 2.05) is 6.92 Å². The second-order valence-electron chi connectivity index (χ2n) is 5.89. The zero-order chi connectivity index (χ0) is 15.1. The van der Waals surface area contributed by atoms with E-state index < -0.39 is 6.04 Å². The molecule has 0 aliphatic carbocycles. The van der Waals surface area contributed by atoms with Crippen LogP contribution in [-0.2, 0) is 17.9 Å². The summed E-state index contributed by atoms with van der Waals surface area (Å²) in [5, 5.41) is 2.88. The van der Waals surface area contributed by atoms with Crippen molar-refractivity contribution >= 4 is 5.91 Å². The van der Waals surface area contributed by atoms with E-state index in [1.54, 1.807) is 0 Å². The summed E-state index contributed by atoms with van der Waals surface area (Å²) >= 11 is 0. The molecule has 1 amide bonds. The zero-order valence-electron chi connectivity index (χ0n) is 13.0. The number of nitrogens with one attached hydrogen (secondary N) is 1. The fourth-order valence-electron chi connectivity index (χ4n) is 2.64. The fourth-order valence-corrected chi connectivity index (χ4v) is 2.64. The molecule has 116 valence electrons. The molecule has 1 aromatic rings. The van der Waals surface area contributed by atoms with Crippen LogP contribution in [0.25, 0.3) is 0 Å². The molecule has 1 aliphatic rings. The SMILES string of the molecule is CC[C@H](N)C(=O)NCc1ccc(CN2CCCCC2)cc1. The number of likely N-dealkylation sites (tertiary alicyclic amines) is 1. The standard InChI is InChI=1S/C17H27N3O/c1-2-16(18)17(21)19-12-14-6-8-15(9-7-14)13-20-10-4-3-5-11-20/h6-9,16H,2-5,10-13,18H2,1H3,(H,19,21)/t16-/m0/s1. The Bertz CT molecular complexity index is 438. The first-order chi connectivity index (χ1) is 10.2. The molecular formula is C17H27N3O. The average Bonchev–Trinajstić information content (AvgIpc) is 2.54. The second kappa shape index (κ2) is 8.15. The molecule has 3 N–H and O–H groups in total. The summed E-state index contributed by atoms with van der Waals surface area (Å²) in [6.45, 7) is 5.93. The number of piperidine rings is 1. The summed E-state index contributed by atoms with van der Waals surface area (Å²) < 4.78 is 0. The number of hydrogen-bond acceptors (Lipinski definition) is 3. The third-order valence-corrected chi connectivity index (χ3v) is 4.12. The van der Waals surface area contributed by atoms with Crippen LogP contribution in [0, 0.1) is 0 Å². The smallest absolute Gasteiger partial charge is 0.237 e. The lowest BCUT2D eigenvalue weighted by molar-refractivity contribution is -0.122. The molecule has 4 nitrogen and oxygen atoms in total. The quantitative estimate of drug-likeness (QED) is 0.842. The van der Waals surface area contributed by atoms with Crippen molar-refractivity contribution in [3.8, 4) is 0 Å². The van der Waals surface area contributed by atoms with Gasteiger partial charge in [-0.25, -0.2) is 0 Å². The van der Waals surface area contributed by atoms with Crippen molar-refractivity contribution in [2.45, 2.75) is 51.7 Å². The van der Waals surface area contributed by atoms with Gasteiger partial charge in [-0.05, 0) is 43.5 Å². The van der Waals surface area contributed by atoms with Gasteiger partial charge in [0.2, 0.25) is 5.91 Å². The van der Waals surface area contributed by atoms with Gasteiger partial charge in [-0.2, -0.15) is 0 Å². The number of nitrogens with two attached hydrogens (primary N) is 1. The van der Waals surface area contributed by atoms with Gasteiger partial charge in [-0.15, -0.1) is 0 Å². The van der Waals surface area contributed by atoms with E-state index in [1.165, 1.54) is 37.9 Å². The average molecular weight is 289 g/mol. The van der Waals surface area contributed by atoms with Crippen LogP contribution in [0.15, 0.2) is 24.3 Å². The van der Waals surface area contributed by atoms with Crippen LogP contribution in [0.3, 0.4) is 0 Å². The van der Waals surface area contributed by atoms with Gasteiger partial charge < -0.3 is 11.1 Å². The van der Waals surface area contributed by atoms with Gasteiger partial charge in [0, 0.05) is 13.1 Å². The van der Waals surface area contributed by atoms with Crippen LogP contribution >= 0.6 is 0 Å². The Balaban J connectivity index is 1.80. The Morgan fingerprint density at radius 1 is 1.19 bits per heavy atom. The van der Waals surface area contributed by atoms with Gasteiger partial charge in [-0.3, -0.25) is 9.69 Å². The molecule has 1 aromatic carbocycles. The topological polar surface area (TPSA) is 58.4 Å². The second-order valence-corrected chi connectivity index (χ2v) is 5.89. The molecule has 0 unspecified atom stereocenters. The highest BCUT2D eigenvalue weighted by molar-refractivity contribution is 5.81. The van der Waals surface area contributed by atoms with Crippen LogP contribution in [0.4, 0.5) is 0 Å². The third-order valence-electron chi connectivity index (χ3n) is 4.12. The van der Waals surface area contributed by atoms with Crippen LogP contribution in [0.5, 0.6) is 0 Å². The Hall–Kier alpha value is -1.39. The first kappa shape index (κ1) is 16.0. The minimum Gasteiger partial charge on any atom is -0.351 e. The van der Waals surface area contributed by atoms with Gasteiger partial charge in [0.1, 0.15) is 0 Å². The summed E-state index contributed by atoms with van der Waals surface area (Å²) in [5.74, 6) is -0.0742. The lowest BCUT2D eigenvalue weighted by atomic mass is 10.1. The Morgan fingerprint density at radius 2 is 1.81 bits per heavy atom. The molecule has 1 atom stereocenters. The van der Waals surface area contributed by atoms with Crippen molar-refractivity contribution in [3.63, 3.8) is 0 Å². The van der Waals surface area contributed by atoms with Crippen LogP contribution in [-0.4, -0.2) is 29.9 Å². The summed E-state index contributed by atoms with van der Waals surface area (Å²) in [5.41, 5.74) is 8.16. The third kappa shape index (κ3) is 5.14. The molecule has 0 saturated carbocycles. The number of carbonyl (C=O) groups excluding carboxylic acids is 1. The van der Waals surface area contributed by atoms with Crippen molar-refractivity contribution in [2.75, 3.05) is 13.1 Å². The van der Waals surface area contributed by atoms with Gasteiger partial charge in [-0.1, -0.05) is 37.6 Å². The molecule has 4 heteroatoms. The van der Waals surface area contributed by atoms with Crippen LogP contribution < -0.4 is 11.1 Å². The largest absolute Gasteiger partial charge is 0.351 e. The van der Waals surface area contributed by atoms with Crippen molar-refractivity contribution in [1.29, 1.82) is 0 Å². The normalized spacial score (nSPS) is 17.4. The fraction of sp³-hybridized carbons (Fsp3) is 0.588. The number of carbonyl (C=O) groups is 1. The highest BCUT2D eigenvalue weighted by atomic mass is 16.2. The lowest BCUT2D eigenvalue weighted by Crippen LogP contribution is -2.39. The highest BCUT2D eigenvalue weighted by Crippen LogP contribution is 2.13. The van der Waals surface area contributed by atoms with Crippen LogP contribution in [0.2, 0.25) is 0 Å². The number of amides is 1.